The van der Waals surface area contributed by atoms with Crippen LogP contribution in [0.15, 0.2) is 101 Å². The van der Waals surface area contributed by atoms with Crippen LogP contribution in [-0.4, -0.2) is 22.0 Å². The van der Waals surface area contributed by atoms with Crippen LogP contribution in [0.2, 0.25) is 0 Å². The van der Waals surface area contributed by atoms with Gasteiger partial charge in [0.1, 0.15) is 0 Å². The highest BCUT2D eigenvalue weighted by atomic mass is 16.4. The van der Waals surface area contributed by atoms with Crippen LogP contribution in [0.1, 0.15) is 20.7 Å². The van der Waals surface area contributed by atoms with Crippen molar-refractivity contribution in [2.75, 3.05) is 22.1 Å². The maximum Gasteiger partial charge on any atom is 0.255 e. The van der Waals surface area contributed by atoms with E-state index in [-0.39, 0.29) is 11.8 Å². The zero-order valence-electron chi connectivity index (χ0n) is 19.5. The number of carbonyl (C=O) groups excluding carboxylic acids is 2. The Balaban J connectivity index is 1.23. The highest BCUT2D eigenvalue weighted by molar-refractivity contribution is 6.05. The number of nitrogens with two attached hydrogens (primary N) is 2. The number of carbonyl (C=O) groups is 2. The highest BCUT2D eigenvalue weighted by Gasteiger charge is 2.12. The third-order valence-corrected chi connectivity index (χ3v) is 5.55. The molecule has 0 atom stereocenters. The van der Waals surface area contributed by atoms with Gasteiger partial charge in [0.2, 0.25) is 11.8 Å². The monoisotopic (exact) mass is 490 g/mol. The van der Waals surface area contributed by atoms with Gasteiger partial charge in [0, 0.05) is 45.0 Å². The number of hydrogen-bond acceptors (Lipinski definition) is 7. The second-order valence-electron chi connectivity index (χ2n) is 8.22. The first kappa shape index (κ1) is 23.3. The third-order valence-electron chi connectivity index (χ3n) is 5.55. The van der Waals surface area contributed by atoms with E-state index >= 15 is 0 Å². The van der Waals surface area contributed by atoms with E-state index in [4.69, 9.17) is 15.9 Å². The van der Waals surface area contributed by atoms with Gasteiger partial charge in [-0.15, -0.1) is 10.2 Å². The first-order valence-corrected chi connectivity index (χ1v) is 11.3. The average molecular weight is 491 g/mol. The van der Waals surface area contributed by atoms with E-state index < -0.39 is 0 Å². The summed E-state index contributed by atoms with van der Waals surface area (Å²) in [6.07, 6.45) is 0. The Morgan fingerprint density at radius 1 is 0.541 bits per heavy atom. The van der Waals surface area contributed by atoms with E-state index in [9.17, 15) is 9.59 Å². The first-order valence-electron chi connectivity index (χ1n) is 11.3. The summed E-state index contributed by atoms with van der Waals surface area (Å²) in [7, 11) is 0. The van der Waals surface area contributed by atoms with E-state index in [2.05, 4.69) is 20.8 Å². The predicted octanol–water partition coefficient (Wildman–Crippen LogP) is 5.07. The lowest BCUT2D eigenvalue weighted by atomic mass is 10.1. The molecular weight excluding hydrogens is 468 g/mol. The van der Waals surface area contributed by atoms with Crippen molar-refractivity contribution in [1.82, 2.24) is 10.2 Å². The van der Waals surface area contributed by atoms with Gasteiger partial charge < -0.3 is 26.5 Å². The zero-order valence-corrected chi connectivity index (χ0v) is 19.5. The smallest absolute Gasteiger partial charge is 0.255 e. The maximum atomic E-state index is 12.4. The molecule has 5 aromatic rings. The molecule has 1 heterocycles. The van der Waals surface area contributed by atoms with Crippen LogP contribution >= 0.6 is 0 Å². The van der Waals surface area contributed by atoms with Crippen molar-refractivity contribution in [1.29, 1.82) is 0 Å². The molecule has 4 aromatic carbocycles. The summed E-state index contributed by atoms with van der Waals surface area (Å²) in [6, 6.07) is 27.5. The van der Waals surface area contributed by atoms with Crippen LogP contribution < -0.4 is 22.1 Å². The summed E-state index contributed by atoms with van der Waals surface area (Å²) in [5.74, 6) is 0.209. The molecule has 0 aliphatic heterocycles. The van der Waals surface area contributed by atoms with E-state index in [1.165, 1.54) is 0 Å². The van der Waals surface area contributed by atoms with Gasteiger partial charge >= 0.3 is 0 Å². The number of nitrogens with zero attached hydrogens (tertiary/aromatic N) is 2. The molecule has 2 amide bonds. The minimum absolute atomic E-state index is 0.235. The fraction of sp³-hybridized carbons (Fsp3) is 0. The summed E-state index contributed by atoms with van der Waals surface area (Å²) in [5, 5.41) is 13.9. The van der Waals surface area contributed by atoms with E-state index in [0.717, 1.165) is 0 Å². The standard InChI is InChI=1S/C28H22N6O3/c29-21-9-1-17(2-10-21)25(35)31-23-13-5-19(6-14-23)27-33-34-28(37-27)20-7-15-24(16-8-20)32-26(36)18-3-11-22(30)12-4-18/h1-16H,29-30H2,(H,31,35)(H,32,36). The molecule has 182 valence electrons. The molecule has 0 unspecified atom stereocenters. The fourth-order valence-corrected chi connectivity index (χ4v) is 3.52. The van der Waals surface area contributed by atoms with Crippen molar-refractivity contribution in [3.8, 4) is 22.9 Å². The van der Waals surface area contributed by atoms with E-state index in [1.807, 2.05) is 0 Å². The molecule has 6 N–H and O–H groups in total. The Morgan fingerprint density at radius 2 is 0.892 bits per heavy atom. The lowest BCUT2D eigenvalue weighted by Gasteiger charge is -2.06. The van der Waals surface area contributed by atoms with Crippen molar-refractivity contribution in [3.05, 3.63) is 108 Å². The van der Waals surface area contributed by atoms with Gasteiger partial charge in [-0.2, -0.15) is 0 Å². The van der Waals surface area contributed by atoms with Crippen LogP contribution in [0, 0.1) is 0 Å². The Labute approximate surface area is 212 Å². The number of anilines is 4. The molecular formula is C28H22N6O3. The fourth-order valence-electron chi connectivity index (χ4n) is 3.52. The molecule has 5 rings (SSSR count). The average Bonchev–Trinajstić information content (AvgIpc) is 3.41. The van der Waals surface area contributed by atoms with Gasteiger partial charge in [-0.3, -0.25) is 9.59 Å². The van der Waals surface area contributed by atoms with Gasteiger partial charge in [-0.05, 0) is 97.1 Å². The molecule has 0 bridgehead atoms. The summed E-state index contributed by atoms with van der Waals surface area (Å²) in [5.41, 5.74) is 16.2. The molecule has 0 radical (unpaired) electrons. The van der Waals surface area contributed by atoms with Gasteiger partial charge in [0.15, 0.2) is 0 Å². The highest BCUT2D eigenvalue weighted by Crippen LogP contribution is 2.26. The molecule has 1 aromatic heterocycles. The number of aromatic nitrogens is 2. The van der Waals surface area contributed by atoms with Gasteiger partial charge in [0.25, 0.3) is 11.8 Å². The summed E-state index contributed by atoms with van der Waals surface area (Å²) < 4.78 is 5.84. The van der Waals surface area contributed by atoms with Gasteiger partial charge in [-0.25, -0.2) is 0 Å². The number of rotatable bonds is 6. The number of benzene rings is 4. The van der Waals surface area contributed by atoms with Crippen molar-refractivity contribution < 1.29 is 14.0 Å². The maximum absolute atomic E-state index is 12.4. The quantitative estimate of drug-likeness (QED) is 0.243. The lowest BCUT2D eigenvalue weighted by molar-refractivity contribution is 0.101. The zero-order chi connectivity index (χ0) is 25.8. The second kappa shape index (κ2) is 10.0. The van der Waals surface area contributed by atoms with E-state index in [1.54, 1.807) is 97.1 Å². The Kier molecular flexibility index (Phi) is 6.33. The summed E-state index contributed by atoms with van der Waals surface area (Å²) in [6.45, 7) is 0. The van der Waals surface area contributed by atoms with Crippen LogP contribution in [0.25, 0.3) is 22.9 Å². The largest absolute Gasteiger partial charge is 0.416 e. The normalized spacial score (nSPS) is 10.6. The predicted molar refractivity (Wildman–Crippen MR) is 143 cm³/mol. The number of nitrogens with one attached hydrogen (secondary N) is 2. The number of amides is 2. The van der Waals surface area contributed by atoms with Crippen LogP contribution in [0.4, 0.5) is 22.7 Å². The summed E-state index contributed by atoms with van der Waals surface area (Å²) in [4.78, 5) is 24.8. The minimum atomic E-state index is -0.235. The molecule has 9 nitrogen and oxygen atoms in total. The van der Waals surface area contributed by atoms with Gasteiger partial charge in [-0.1, -0.05) is 0 Å². The molecule has 37 heavy (non-hydrogen) atoms. The number of nitrogen functional groups attached to an aromatic ring is 2. The number of hydrogen-bond donors (Lipinski definition) is 4. The molecule has 0 aliphatic carbocycles. The lowest BCUT2D eigenvalue weighted by Crippen LogP contribution is -2.11. The molecule has 0 saturated carbocycles. The van der Waals surface area contributed by atoms with Crippen molar-refractivity contribution >= 4 is 34.6 Å². The Bertz CT molecular complexity index is 1420. The molecule has 0 spiro atoms. The molecule has 9 heteroatoms. The van der Waals surface area contributed by atoms with Crippen molar-refractivity contribution in [2.45, 2.75) is 0 Å². The minimum Gasteiger partial charge on any atom is -0.416 e. The Hall–Kier alpha value is -5.44. The van der Waals surface area contributed by atoms with E-state index in [0.29, 0.717) is 56.8 Å². The van der Waals surface area contributed by atoms with Crippen molar-refractivity contribution in [3.63, 3.8) is 0 Å². The summed E-state index contributed by atoms with van der Waals surface area (Å²) >= 11 is 0. The van der Waals surface area contributed by atoms with Gasteiger partial charge in [0.05, 0.1) is 0 Å². The van der Waals surface area contributed by atoms with Crippen LogP contribution in [0.3, 0.4) is 0 Å². The van der Waals surface area contributed by atoms with Crippen LogP contribution in [-0.2, 0) is 0 Å². The molecule has 0 saturated heterocycles. The second-order valence-corrected chi connectivity index (χ2v) is 8.22. The topological polar surface area (TPSA) is 149 Å². The SMILES string of the molecule is Nc1ccc(C(=O)Nc2ccc(-c3nnc(-c4ccc(NC(=O)c5ccc(N)cc5)cc4)o3)cc2)cc1. The third kappa shape index (κ3) is 5.46. The molecule has 0 aliphatic rings. The van der Waals surface area contributed by atoms with Crippen molar-refractivity contribution in [2.24, 2.45) is 0 Å². The molecule has 0 fully saturated rings. The van der Waals surface area contributed by atoms with Crippen LogP contribution in [0.5, 0.6) is 0 Å². The Morgan fingerprint density at radius 3 is 1.24 bits per heavy atom. The first-order chi connectivity index (χ1) is 17.9.